The predicted molar refractivity (Wildman–Crippen MR) is 260 cm³/mol. The van der Waals surface area contributed by atoms with Gasteiger partial charge < -0.3 is 38.0 Å². The number of amides is 2. The number of carboxylic acid groups (broad SMARTS) is 2. The van der Waals surface area contributed by atoms with Crippen LogP contribution in [0.2, 0.25) is 36.3 Å². The van der Waals surface area contributed by atoms with Crippen molar-refractivity contribution in [1.82, 2.24) is 0 Å². The monoisotopic (exact) mass is 938 g/mol. The normalized spacial score (nSPS) is 19.2. The highest BCUT2D eigenvalue weighted by Gasteiger charge is 2.43. The molecule has 2 saturated carbocycles. The fourth-order valence-corrected chi connectivity index (χ4v) is 9.96. The molecule has 2 aromatic carbocycles. The van der Waals surface area contributed by atoms with Crippen molar-refractivity contribution in [2.24, 2.45) is 23.7 Å². The summed E-state index contributed by atoms with van der Waals surface area (Å²) >= 11 is 0. The number of ether oxygens (including phenoxy) is 4. The molecule has 4 rings (SSSR count). The second kappa shape index (κ2) is 21.8. The topological polar surface area (TPSA) is 188 Å². The van der Waals surface area contributed by atoms with Gasteiger partial charge in [0.2, 0.25) is 0 Å². The fourth-order valence-electron chi connectivity index (χ4n) is 7.83. The maximum Gasteiger partial charge on any atom is 0.409 e. The smallest absolute Gasteiger partial charge is 0.409 e. The highest BCUT2D eigenvalue weighted by Crippen LogP contribution is 2.45. The maximum absolute atomic E-state index is 14.2. The lowest BCUT2D eigenvalue weighted by molar-refractivity contribution is 0.0850. The summed E-state index contributed by atoms with van der Waals surface area (Å²) in [5.74, 6) is -0.280. The summed E-state index contributed by atoms with van der Waals surface area (Å²) in [7, 11) is -1.23. The SMILES string of the molecule is C=C1CC(C(=O)c2cc(OC)c(OCCCCCOc3cc(NC(=O)O)c(C(=O)C4CC(=C)C[C@H]4CO[Si](C)(C)C(C)(C)C)cc3OC)cc2NC(=O)O)[C@H](CO[Si](C)(C)C(C)(C)C)C1. The highest BCUT2D eigenvalue weighted by molar-refractivity contribution is 6.74. The standard InChI is InChI=1S/C49H74N2O12Si2/c1-30-20-32(28-62-64(11,12)48(3,4)5)34(22-30)44(52)36-24-40(58-9)42(26-38(36)50-46(54)55)60-18-16-15-17-19-61-43-27-39(51-47(56)57)37(25-41(43)59-10)45(53)35-23-31(2)21-33(35)29-63-65(13,14)49(6,7)8/h24-27,32-35,50-51H,1-2,15-23,28-29H2,3-14H3,(H,54,55)(H,56,57)/t32-,33-,34?,35?/m0/s1. The Hall–Kier alpha value is -4.65. The minimum absolute atomic E-state index is 0.00755. The summed E-state index contributed by atoms with van der Waals surface area (Å²) in [5, 5.41) is 24.3. The van der Waals surface area contributed by atoms with E-state index in [4.69, 9.17) is 27.8 Å². The van der Waals surface area contributed by atoms with Crippen molar-refractivity contribution >= 4 is 51.8 Å². The largest absolute Gasteiger partial charge is 0.493 e. The Morgan fingerprint density at radius 2 is 0.954 bits per heavy atom. The molecule has 0 bridgehead atoms. The van der Waals surface area contributed by atoms with Crippen molar-refractivity contribution in [3.8, 4) is 23.0 Å². The average Bonchev–Trinajstić information content (AvgIpc) is 3.78. The van der Waals surface area contributed by atoms with Crippen LogP contribution >= 0.6 is 0 Å². The highest BCUT2D eigenvalue weighted by atomic mass is 28.4. The van der Waals surface area contributed by atoms with E-state index in [9.17, 15) is 29.4 Å². The Morgan fingerprint density at radius 1 is 0.600 bits per heavy atom. The maximum atomic E-state index is 14.2. The van der Waals surface area contributed by atoms with E-state index >= 15 is 0 Å². The number of ketones is 2. The van der Waals surface area contributed by atoms with Crippen LogP contribution in [-0.2, 0) is 8.85 Å². The summed E-state index contributed by atoms with van der Waals surface area (Å²) in [6.45, 7) is 31.5. The van der Waals surface area contributed by atoms with Gasteiger partial charge in [0.1, 0.15) is 0 Å². The lowest BCUT2D eigenvalue weighted by Gasteiger charge is -2.37. The Morgan fingerprint density at radius 3 is 1.26 bits per heavy atom. The van der Waals surface area contributed by atoms with Crippen LogP contribution in [0.5, 0.6) is 23.0 Å². The van der Waals surface area contributed by atoms with Gasteiger partial charge >= 0.3 is 12.2 Å². The molecule has 0 aromatic heterocycles. The Kier molecular flexibility index (Phi) is 17.7. The minimum atomic E-state index is -2.08. The first-order valence-corrected chi connectivity index (χ1v) is 28.4. The van der Waals surface area contributed by atoms with Gasteiger partial charge in [-0.1, -0.05) is 65.8 Å². The van der Waals surface area contributed by atoms with Crippen LogP contribution in [0.25, 0.3) is 0 Å². The molecular weight excluding hydrogens is 865 g/mol. The molecule has 2 unspecified atom stereocenters. The number of hydrogen-bond donors (Lipinski definition) is 4. The van der Waals surface area contributed by atoms with Crippen LogP contribution in [0.15, 0.2) is 48.6 Å². The number of carbonyl (C=O) groups is 4. The molecule has 0 aliphatic heterocycles. The lowest BCUT2D eigenvalue weighted by atomic mass is 9.88. The quantitative estimate of drug-likeness (QED) is 0.0379. The molecule has 2 fully saturated rings. The summed E-state index contributed by atoms with van der Waals surface area (Å²) in [4.78, 5) is 52.2. The van der Waals surface area contributed by atoms with Gasteiger partial charge in [0, 0.05) is 48.3 Å². The molecule has 65 heavy (non-hydrogen) atoms. The zero-order chi connectivity index (χ0) is 48.7. The summed E-state index contributed by atoms with van der Waals surface area (Å²) in [5.41, 5.74) is 2.53. The molecule has 0 spiro atoms. The lowest BCUT2D eigenvalue weighted by Crippen LogP contribution is -2.42. The third kappa shape index (κ3) is 13.7. The number of allylic oxidation sites excluding steroid dienone is 2. The van der Waals surface area contributed by atoms with E-state index in [2.05, 4.69) is 91.5 Å². The molecule has 4 atom stereocenters. The third-order valence-electron chi connectivity index (χ3n) is 13.8. The number of unbranched alkanes of at least 4 members (excludes halogenated alkanes) is 2. The van der Waals surface area contributed by atoms with E-state index in [1.807, 2.05) is 0 Å². The zero-order valence-electron chi connectivity index (χ0n) is 40.8. The van der Waals surface area contributed by atoms with E-state index < -0.39 is 40.7 Å². The number of rotatable bonds is 22. The molecule has 0 saturated heterocycles. The number of hydrogen-bond acceptors (Lipinski definition) is 10. The van der Waals surface area contributed by atoms with Gasteiger partial charge in [-0.05, 0) is 105 Å². The predicted octanol–water partition coefficient (Wildman–Crippen LogP) is 12.1. The van der Waals surface area contributed by atoms with Gasteiger partial charge in [-0.25, -0.2) is 9.59 Å². The fraction of sp³-hybridized carbons (Fsp3) is 0.592. The van der Waals surface area contributed by atoms with E-state index in [1.165, 1.54) is 38.5 Å². The summed E-state index contributed by atoms with van der Waals surface area (Å²) < 4.78 is 36.5. The van der Waals surface area contributed by atoms with Gasteiger partial charge in [0.25, 0.3) is 0 Å². The molecule has 0 radical (unpaired) electrons. The number of nitrogens with one attached hydrogen (secondary N) is 2. The molecule has 2 aliphatic carbocycles. The first-order chi connectivity index (χ1) is 30.2. The van der Waals surface area contributed by atoms with Gasteiger partial charge in [-0.2, -0.15) is 0 Å². The first kappa shape index (κ1) is 53.0. The van der Waals surface area contributed by atoms with E-state index in [-0.39, 0.29) is 80.7 Å². The number of anilines is 2. The average molecular weight is 939 g/mol. The van der Waals surface area contributed by atoms with Crippen LogP contribution in [0.1, 0.15) is 107 Å². The number of methoxy groups -OCH3 is 2. The molecule has 4 N–H and O–H groups in total. The Bertz CT molecular complexity index is 1940. The van der Waals surface area contributed by atoms with Gasteiger partial charge in [-0.3, -0.25) is 20.2 Å². The zero-order valence-corrected chi connectivity index (χ0v) is 42.8. The summed E-state index contributed by atoms with van der Waals surface area (Å²) in [6, 6.07) is 6.06. The van der Waals surface area contributed by atoms with Crippen molar-refractivity contribution < 1.29 is 57.2 Å². The second-order valence-electron chi connectivity index (χ2n) is 20.6. The second-order valence-corrected chi connectivity index (χ2v) is 30.3. The molecule has 14 nitrogen and oxygen atoms in total. The molecule has 2 aromatic rings. The van der Waals surface area contributed by atoms with Crippen molar-refractivity contribution in [1.29, 1.82) is 0 Å². The van der Waals surface area contributed by atoms with Crippen LogP contribution in [0.4, 0.5) is 21.0 Å². The summed E-state index contributed by atoms with van der Waals surface area (Å²) in [6.07, 6.45) is 1.53. The molecule has 2 aliphatic rings. The first-order valence-electron chi connectivity index (χ1n) is 22.6. The van der Waals surface area contributed by atoms with Gasteiger partial charge in [-0.15, -0.1) is 0 Å². The number of benzene rings is 2. The van der Waals surface area contributed by atoms with E-state index in [1.54, 1.807) is 0 Å². The van der Waals surface area contributed by atoms with Crippen LogP contribution in [0, 0.1) is 23.7 Å². The Labute approximate surface area is 388 Å². The Balaban J connectivity index is 1.40. The molecule has 360 valence electrons. The van der Waals surface area contributed by atoms with Gasteiger partial charge in [0.05, 0.1) is 38.8 Å². The van der Waals surface area contributed by atoms with Crippen LogP contribution in [-0.4, -0.2) is 91.2 Å². The van der Waals surface area contributed by atoms with E-state index in [0.717, 1.165) is 11.1 Å². The van der Waals surface area contributed by atoms with Crippen molar-refractivity contribution in [3.05, 3.63) is 59.7 Å². The van der Waals surface area contributed by atoms with Crippen molar-refractivity contribution in [2.75, 3.05) is 51.3 Å². The molecule has 2 amide bonds. The number of carbonyl (C=O) groups excluding carboxylic acids is 2. The van der Waals surface area contributed by atoms with Crippen LogP contribution < -0.4 is 29.6 Å². The third-order valence-corrected chi connectivity index (χ3v) is 22.8. The van der Waals surface area contributed by atoms with Gasteiger partial charge in [0.15, 0.2) is 51.2 Å². The van der Waals surface area contributed by atoms with Crippen LogP contribution in [0.3, 0.4) is 0 Å². The number of Topliss-reactive ketones (excluding diaryl/α,β-unsaturated/α-hetero) is 2. The van der Waals surface area contributed by atoms with Crippen molar-refractivity contribution in [3.63, 3.8) is 0 Å². The van der Waals surface area contributed by atoms with Crippen molar-refractivity contribution in [2.45, 2.75) is 123 Å². The molecular formula is C49H74N2O12Si2. The van der Waals surface area contributed by atoms with E-state index in [0.29, 0.717) is 69.7 Å². The molecule has 0 heterocycles. The minimum Gasteiger partial charge on any atom is -0.493 e. The molecule has 16 heteroatoms.